The number of hydrogen-bond acceptors (Lipinski definition) is 4. The number of nitrogens with zero attached hydrogens (tertiary/aromatic N) is 2. The molecule has 0 bridgehead atoms. The monoisotopic (exact) mass is 358 g/mol. The van der Waals surface area contributed by atoms with Crippen LogP contribution in [0.2, 0.25) is 0 Å². The van der Waals surface area contributed by atoms with Crippen molar-refractivity contribution in [2.24, 2.45) is 4.99 Å². The second-order valence-electron chi connectivity index (χ2n) is 6.26. The van der Waals surface area contributed by atoms with Gasteiger partial charge in [0.05, 0.1) is 6.54 Å². The molecule has 0 aliphatic heterocycles. The van der Waals surface area contributed by atoms with E-state index in [1.54, 1.807) is 18.4 Å². The van der Waals surface area contributed by atoms with Crippen molar-refractivity contribution in [3.8, 4) is 5.75 Å². The van der Waals surface area contributed by atoms with E-state index < -0.39 is 0 Å². The van der Waals surface area contributed by atoms with Gasteiger partial charge >= 0.3 is 0 Å². The van der Waals surface area contributed by atoms with Crippen LogP contribution in [0.1, 0.15) is 46.3 Å². The Morgan fingerprint density at radius 3 is 2.80 bits per heavy atom. The molecule has 0 spiro atoms. The highest BCUT2D eigenvalue weighted by Crippen LogP contribution is 2.30. The van der Waals surface area contributed by atoms with Crippen LogP contribution in [-0.2, 0) is 32.4 Å². The molecule has 1 heterocycles. The van der Waals surface area contributed by atoms with Crippen molar-refractivity contribution < 1.29 is 5.11 Å². The van der Waals surface area contributed by atoms with E-state index in [2.05, 4.69) is 33.6 Å². The summed E-state index contributed by atoms with van der Waals surface area (Å²) in [6.07, 6.45) is 7.54. The van der Waals surface area contributed by atoms with Gasteiger partial charge in [-0.15, -0.1) is 11.3 Å². The molecular weight excluding hydrogens is 332 g/mol. The molecule has 0 fully saturated rings. The average molecular weight is 359 g/mol. The van der Waals surface area contributed by atoms with Crippen LogP contribution >= 0.6 is 11.3 Å². The summed E-state index contributed by atoms with van der Waals surface area (Å²) >= 11 is 1.72. The number of phenols is 1. The maximum absolute atomic E-state index is 10.3. The molecule has 0 radical (unpaired) electrons. The van der Waals surface area contributed by atoms with Gasteiger partial charge in [0.25, 0.3) is 0 Å². The standard InChI is InChI=1S/C19H26N4OS/c1-3-14-10-21-18(25-14)12-23-19(20-2)22-11-16-15-7-5-4-6-13(15)8-9-17(16)24/h8-10,24H,3-7,11-12H2,1-2H3,(H2,20,22,23). The van der Waals surface area contributed by atoms with Crippen LogP contribution in [0.25, 0.3) is 0 Å². The van der Waals surface area contributed by atoms with Gasteiger partial charge in [0.15, 0.2) is 5.96 Å². The van der Waals surface area contributed by atoms with E-state index >= 15 is 0 Å². The number of aromatic nitrogens is 1. The van der Waals surface area contributed by atoms with E-state index in [4.69, 9.17) is 0 Å². The fraction of sp³-hybridized carbons (Fsp3) is 0.474. The molecule has 3 rings (SSSR count). The van der Waals surface area contributed by atoms with Gasteiger partial charge in [-0.05, 0) is 49.3 Å². The molecule has 1 aromatic heterocycles. The van der Waals surface area contributed by atoms with Crippen LogP contribution in [-0.4, -0.2) is 23.1 Å². The molecule has 0 atom stereocenters. The number of rotatable bonds is 5. The Labute approximate surface area is 153 Å². The molecule has 5 nitrogen and oxygen atoms in total. The molecule has 6 heteroatoms. The first kappa shape index (κ1) is 17.7. The summed E-state index contributed by atoms with van der Waals surface area (Å²) in [6, 6.07) is 3.88. The third kappa shape index (κ3) is 4.31. The Morgan fingerprint density at radius 2 is 2.04 bits per heavy atom. The largest absolute Gasteiger partial charge is 0.508 e. The first-order valence-corrected chi connectivity index (χ1v) is 9.73. The second-order valence-corrected chi connectivity index (χ2v) is 7.46. The number of aryl methyl sites for hydroxylation is 2. The van der Waals surface area contributed by atoms with Crippen LogP contribution in [0.4, 0.5) is 0 Å². The molecule has 1 aromatic carbocycles. The lowest BCUT2D eigenvalue weighted by molar-refractivity contribution is 0.464. The van der Waals surface area contributed by atoms with Gasteiger partial charge in [-0.25, -0.2) is 4.98 Å². The van der Waals surface area contributed by atoms with Crippen molar-refractivity contribution in [1.82, 2.24) is 15.6 Å². The first-order valence-electron chi connectivity index (χ1n) is 8.92. The number of phenolic OH excluding ortho intramolecular Hbond substituents is 1. The number of aromatic hydroxyl groups is 1. The molecular formula is C19H26N4OS. The maximum atomic E-state index is 10.3. The zero-order chi connectivity index (χ0) is 17.6. The van der Waals surface area contributed by atoms with E-state index in [9.17, 15) is 5.11 Å². The van der Waals surface area contributed by atoms with Crippen molar-refractivity contribution in [2.75, 3.05) is 7.05 Å². The molecule has 0 saturated carbocycles. The third-order valence-corrected chi connectivity index (χ3v) is 5.78. The van der Waals surface area contributed by atoms with Crippen molar-refractivity contribution >= 4 is 17.3 Å². The maximum Gasteiger partial charge on any atom is 0.191 e. The van der Waals surface area contributed by atoms with Gasteiger partial charge in [-0.1, -0.05) is 13.0 Å². The van der Waals surface area contributed by atoms with Gasteiger partial charge < -0.3 is 15.7 Å². The van der Waals surface area contributed by atoms with Crippen molar-refractivity contribution in [3.63, 3.8) is 0 Å². The van der Waals surface area contributed by atoms with Gasteiger partial charge in [0.2, 0.25) is 0 Å². The summed E-state index contributed by atoms with van der Waals surface area (Å²) in [4.78, 5) is 9.99. The normalized spacial score (nSPS) is 14.2. The number of fused-ring (bicyclic) bond motifs is 1. The van der Waals surface area contributed by atoms with Crippen LogP contribution < -0.4 is 10.6 Å². The van der Waals surface area contributed by atoms with Gasteiger partial charge in [-0.2, -0.15) is 0 Å². The summed E-state index contributed by atoms with van der Waals surface area (Å²) in [7, 11) is 1.76. The highest BCUT2D eigenvalue weighted by Gasteiger charge is 2.16. The lowest BCUT2D eigenvalue weighted by atomic mass is 9.88. The zero-order valence-corrected chi connectivity index (χ0v) is 15.7. The van der Waals surface area contributed by atoms with E-state index in [0.717, 1.165) is 35.8 Å². The van der Waals surface area contributed by atoms with Crippen molar-refractivity contribution in [1.29, 1.82) is 0 Å². The van der Waals surface area contributed by atoms with E-state index in [-0.39, 0.29) is 0 Å². The fourth-order valence-corrected chi connectivity index (χ4v) is 4.04. The molecule has 0 saturated heterocycles. The summed E-state index contributed by atoms with van der Waals surface area (Å²) < 4.78 is 0. The van der Waals surface area contributed by atoms with E-state index in [1.807, 2.05) is 12.3 Å². The van der Waals surface area contributed by atoms with E-state index in [1.165, 1.54) is 28.8 Å². The van der Waals surface area contributed by atoms with Crippen LogP contribution in [0.3, 0.4) is 0 Å². The Morgan fingerprint density at radius 1 is 1.24 bits per heavy atom. The minimum absolute atomic E-state index is 0.371. The predicted octanol–water partition coefficient (Wildman–Crippen LogP) is 3.16. The van der Waals surface area contributed by atoms with Gasteiger partial charge in [-0.3, -0.25) is 4.99 Å². The number of guanidine groups is 1. The predicted molar refractivity (Wildman–Crippen MR) is 103 cm³/mol. The SMILES string of the molecule is CCc1cnc(CNC(=NC)NCc2c(O)ccc3c2CCCC3)s1. The lowest BCUT2D eigenvalue weighted by Gasteiger charge is -2.21. The third-order valence-electron chi connectivity index (χ3n) is 4.64. The zero-order valence-electron chi connectivity index (χ0n) is 14.9. The topological polar surface area (TPSA) is 69.5 Å². The Kier molecular flexibility index (Phi) is 5.91. The minimum atomic E-state index is 0.371. The molecule has 2 aromatic rings. The Bertz CT molecular complexity index is 754. The second kappa shape index (κ2) is 8.34. The number of hydrogen-bond donors (Lipinski definition) is 3. The highest BCUT2D eigenvalue weighted by molar-refractivity contribution is 7.11. The first-order chi connectivity index (χ1) is 12.2. The van der Waals surface area contributed by atoms with Gasteiger partial charge in [0.1, 0.15) is 10.8 Å². The smallest absolute Gasteiger partial charge is 0.191 e. The van der Waals surface area contributed by atoms with E-state index in [0.29, 0.717) is 18.8 Å². The molecule has 0 amide bonds. The molecule has 25 heavy (non-hydrogen) atoms. The summed E-state index contributed by atoms with van der Waals surface area (Å²) in [5, 5.41) is 18.0. The molecule has 134 valence electrons. The lowest BCUT2D eigenvalue weighted by Crippen LogP contribution is -2.36. The highest BCUT2D eigenvalue weighted by atomic mass is 32.1. The summed E-state index contributed by atoms with van der Waals surface area (Å²) in [6.45, 7) is 3.37. The molecule has 1 aliphatic carbocycles. The fourth-order valence-electron chi connectivity index (χ4n) is 3.23. The van der Waals surface area contributed by atoms with Crippen LogP contribution in [0, 0.1) is 0 Å². The summed E-state index contributed by atoms with van der Waals surface area (Å²) in [5.41, 5.74) is 3.68. The number of aliphatic imine (C=N–C) groups is 1. The number of nitrogens with one attached hydrogen (secondary N) is 2. The Hall–Kier alpha value is -2.08. The quantitative estimate of drug-likeness (QED) is 0.567. The van der Waals surface area contributed by atoms with Crippen molar-refractivity contribution in [2.45, 2.75) is 52.1 Å². The van der Waals surface area contributed by atoms with Crippen LogP contribution in [0.5, 0.6) is 5.75 Å². The van der Waals surface area contributed by atoms with Crippen LogP contribution in [0.15, 0.2) is 23.3 Å². The number of thiazole rings is 1. The average Bonchev–Trinajstić information content (AvgIpc) is 3.11. The number of benzene rings is 1. The molecule has 3 N–H and O–H groups in total. The molecule has 0 unspecified atom stereocenters. The minimum Gasteiger partial charge on any atom is -0.508 e. The Balaban J connectivity index is 1.61. The van der Waals surface area contributed by atoms with Gasteiger partial charge in [0, 0.05) is 30.2 Å². The van der Waals surface area contributed by atoms with Crippen molar-refractivity contribution in [3.05, 3.63) is 44.9 Å². The summed E-state index contributed by atoms with van der Waals surface area (Å²) in [5.74, 6) is 1.09. The molecule has 1 aliphatic rings.